The molecule has 2 heterocycles. The summed E-state index contributed by atoms with van der Waals surface area (Å²) in [6.07, 6.45) is 2.48. The summed E-state index contributed by atoms with van der Waals surface area (Å²) in [4.78, 5) is 12.3. The molecule has 0 aliphatic heterocycles. The summed E-state index contributed by atoms with van der Waals surface area (Å²) in [6.45, 7) is -1.17. The van der Waals surface area contributed by atoms with Crippen LogP contribution in [0.2, 0.25) is 0 Å². The van der Waals surface area contributed by atoms with Crippen molar-refractivity contribution in [1.82, 2.24) is 19.5 Å². The zero-order valence-electron chi connectivity index (χ0n) is 13.4. The molecule has 3 aromatic rings. The highest BCUT2D eigenvalue weighted by atomic mass is 35.7. The van der Waals surface area contributed by atoms with Gasteiger partial charge < -0.3 is 19.6 Å². The maximum atomic E-state index is 12.3. The lowest BCUT2D eigenvalue weighted by atomic mass is 10.3. The number of nitrogens with two attached hydrogens (primary N) is 1. The molecule has 2 N–H and O–H groups in total. The Morgan fingerprint density at radius 2 is 2.04 bits per heavy atom. The molecule has 1 unspecified atom stereocenters. The number of rotatable bonds is 7. The third-order valence-electron chi connectivity index (χ3n) is 3.38. The van der Waals surface area contributed by atoms with Gasteiger partial charge in [-0.25, -0.2) is 15.0 Å². The summed E-state index contributed by atoms with van der Waals surface area (Å²) in [6, 6.07) is 8.73. The molecule has 25 heavy (non-hydrogen) atoms. The first-order valence-corrected chi connectivity index (χ1v) is 10.2. The standard InChI is InChI=1S/C15H17ClN5O3P/c1-11(7-21-9-20-13-14(17)18-8-19-15(13)21)23-10-25(16,22)24-12-5-3-2-4-6-12/h2-6,8-9,11H,7,10H2,1H3,(H2,17,18,19)/t11-,25?/m1/s1. The maximum absolute atomic E-state index is 12.3. The molecule has 8 nitrogen and oxygen atoms in total. The number of hydrogen-bond donors (Lipinski definition) is 1. The number of fused-ring (bicyclic) bond motifs is 1. The van der Waals surface area contributed by atoms with E-state index in [9.17, 15) is 4.57 Å². The van der Waals surface area contributed by atoms with Crippen LogP contribution in [-0.4, -0.2) is 32.0 Å². The summed E-state index contributed by atoms with van der Waals surface area (Å²) in [5.74, 6) is 0.753. The average Bonchev–Trinajstić information content (AvgIpc) is 2.98. The molecule has 0 saturated heterocycles. The van der Waals surface area contributed by atoms with Gasteiger partial charge in [0.1, 0.15) is 23.9 Å². The van der Waals surface area contributed by atoms with Crippen molar-refractivity contribution in [1.29, 1.82) is 0 Å². The van der Waals surface area contributed by atoms with Gasteiger partial charge in [-0.2, -0.15) is 0 Å². The first-order valence-electron chi connectivity index (χ1n) is 7.51. The van der Waals surface area contributed by atoms with Crippen LogP contribution in [0.3, 0.4) is 0 Å². The highest BCUT2D eigenvalue weighted by Crippen LogP contribution is 2.52. The van der Waals surface area contributed by atoms with Crippen molar-refractivity contribution in [3.8, 4) is 5.75 Å². The van der Waals surface area contributed by atoms with E-state index in [-0.39, 0.29) is 12.5 Å². The molecule has 0 saturated carbocycles. The number of anilines is 1. The molecule has 1 aromatic carbocycles. The lowest BCUT2D eigenvalue weighted by molar-refractivity contribution is 0.0844. The number of ether oxygens (including phenoxy) is 1. The molecule has 0 aliphatic rings. The van der Waals surface area contributed by atoms with E-state index >= 15 is 0 Å². The fourth-order valence-corrected chi connectivity index (χ4v) is 3.57. The number of nitrogens with zero attached hydrogens (tertiary/aromatic N) is 4. The quantitative estimate of drug-likeness (QED) is 0.626. The van der Waals surface area contributed by atoms with E-state index in [4.69, 9.17) is 26.2 Å². The summed E-state index contributed by atoms with van der Waals surface area (Å²) >= 11 is 5.96. The van der Waals surface area contributed by atoms with Crippen LogP contribution in [0, 0.1) is 0 Å². The van der Waals surface area contributed by atoms with Gasteiger partial charge in [0.2, 0.25) is 0 Å². The van der Waals surface area contributed by atoms with Crippen LogP contribution < -0.4 is 10.3 Å². The molecular formula is C15H17ClN5O3P. The van der Waals surface area contributed by atoms with Crippen LogP contribution in [-0.2, 0) is 15.8 Å². The lowest BCUT2D eigenvalue weighted by Crippen LogP contribution is -2.17. The minimum atomic E-state index is -3.43. The Kier molecular flexibility index (Phi) is 5.22. The third kappa shape index (κ3) is 4.48. The molecule has 10 heteroatoms. The van der Waals surface area contributed by atoms with Crippen molar-refractivity contribution in [3.05, 3.63) is 43.0 Å². The van der Waals surface area contributed by atoms with Crippen molar-refractivity contribution >= 4 is 34.9 Å². The zero-order valence-corrected chi connectivity index (χ0v) is 15.1. The summed E-state index contributed by atoms with van der Waals surface area (Å²) < 4.78 is 25.0. The zero-order chi connectivity index (χ0) is 17.9. The normalized spacial score (nSPS) is 15.0. The molecule has 132 valence electrons. The second-order valence-electron chi connectivity index (χ2n) is 5.43. The van der Waals surface area contributed by atoms with Crippen LogP contribution in [0.15, 0.2) is 43.0 Å². The molecule has 0 amide bonds. The Bertz CT molecular complexity index is 905. The minimum Gasteiger partial charge on any atom is -0.431 e. The number of hydrogen-bond acceptors (Lipinski definition) is 7. The number of para-hydroxylation sites is 1. The Morgan fingerprint density at radius 1 is 1.28 bits per heavy atom. The van der Waals surface area contributed by atoms with E-state index in [1.165, 1.54) is 6.33 Å². The smallest absolute Gasteiger partial charge is 0.361 e. The van der Waals surface area contributed by atoms with Gasteiger partial charge in [0.05, 0.1) is 19.0 Å². The fraction of sp³-hybridized carbons (Fsp3) is 0.267. The topological polar surface area (TPSA) is 105 Å². The number of benzene rings is 1. The molecule has 2 aromatic heterocycles. The Morgan fingerprint density at radius 3 is 2.80 bits per heavy atom. The molecule has 3 rings (SSSR count). The van der Waals surface area contributed by atoms with E-state index in [1.807, 2.05) is 13.0 Å². The number of halogens is 1. The number of nitrogen functional groups attached to an aromatic ring is 1. The van der Waals surface area contributed by atoms with Gasteiger partial charge in [0.25, 0.3) is 0 Å². The van der Waals surface area contributed by atoms with Crippen molar-refractivity contribution in [2.24, 2.45) is 0 Å². The van der Waals surface area contributed by atoms with Gasteiger partial charge in [0.15, 0.2) is 11.5 Å². The second-order valence-corrected chi connectivity index (χ2v) is 8.60. The largest absolute Gasteiger partial charge is 0.431 e. The molecule has 0 fully saturated rings. The average molecular weight is 382 g/mol. The second kappa shape index (κ2) is 7.39. The lowest BCUT2D eigenvalue weighted by Gasteiger charge is -2.17. The molecular weight excluding hydrogens is 365 g/mol. The van der Waals surface area contributed by atoms with Crippen LogP contribution in [0.1, 0.15) is 6.92 Å². The number of aromatic nitrogens is 4. The molecule has 0 spiro atoms. The SMILES string of the molecule is C[C@H](Cn1cnc2c(N)ncnc21)OCP(=O)(Cl)Oc1ccccc1. The molecule has 0 radical (unpaired) electrons. The van der Waals surface area contributed by atoms with E-state index in [0.717, 1.165) is 0 Å². The van der Waals surface area contributed by atoms with Gasteiger partial charge in [-0.3, -0.25) is 4.57 Å². The van der Waals surface area contributed by atoms with Crippen molar-refractivity contribution in [2.75, 3.05) is 12.1 Å². The fourth-order valence-electron chi connectivity index (χ4n) is 2.24. The molecule has 2 atom stereocenters. The number of imidazole rings is 1. The van der Waals surface area contributed by atoms with Crippen LogP contribution >= 0.6 is 18.0 Å². The summed E-state index contributed by atoms with van der Waals surface area (Å²) in [5, 5.41) is 0. The van der Waals surface area contributed by atoms with Crippen molar-refractivity contribution in [3.63, 3.8) is 0 Å². The van der Waals surface area contributed by atoms with E-state index in [2.05, 4.69) is 15.0 Å². The Balaban J connectivity index is 1.59. The van der Waals surface area contributed by atoms with E-state index in [1.54, 1.807) is 35.2 Å². The van der Waals surface area contributed by atoms with Gasteiger partial charge in [-0.1, -0.05) is 18.2 Å². The first-order chi connectivity index (χ1) is 11.9. The monoisotopic (exact) mass is 381 g/mol. The van der Waals surface area contributed by atoms with Gasteiger partial charge in [-0.15, -0.1) is 0 Å². The van der Waals surface area contributed by atoms with Gasteiger partial charge in [-0.05, 0) is 30.3 Å². The van der Waals surface area contributed by atoms with Crippen LogP contribution in [0.4, 0.5) is 5.82 Å². The maximum Gasteiger partial charge on any atom is 0.361 e. The predicted octanol–water partition coefficient (Wildman–Crippen LogP) is 3.28. The van der Waals surface area contributed by atoms with E-state index in [0.29, 0.717) is 29.3 Å². The van der Waals surface area contributed by atoms with Crippen LogP contribution in [0.25, 0.3) is 11.2 Å². The minimum absolute atomic E-state index is 0.214. The van der Waals surface area contributed by atoms with Crippen molar-refractivity contribution < 1.29 is 13.8 Å². The summed E-state index contributed by atoms with van der Waals surface area (Å²) in [5.41, 5.74) is 6.90. The van der Waals surface area contributed by atoms with Crippen molar-refractivity contribution in [2.45, 2.75) is 19.6 Å². The predicted molar refractivity (Wildman–Crippen MR) is 95.7 cm³/mol. The van der Waals surface area contributed by atoms with E-state index < -0.39 is 6.72 Å². The van der Waals surface area contributed by atoms with Crippen LogP contribution in [0.5, 0.6) is 5.75 Å². The first kappa shape index (κ1) is 17.7. The summed E-state index contributed by atoms with van der Waals surface area (Å²) in [7, 11) is 0. The third-order valence-corrected chi connectivity index (χ3v) is 4.82. The highest BCUT2D eigenvalue weighted by molar-refractivity contribution is 7.85. The highest BCUT2D eigenvalue weighted by Gasteiger charge is 2.23. The molecule has 0 bridgehead atoms. The van der Waals surface area contributed by atoms with Gasteiger partial charge >= 0.3 is 6.72 Å². The Labute approximate surface area is 149 Å². The Hall–Kier alpha value is -2.15. The molecule has 0 aliphatic carbocycles. The van der Waals surface area contributed by atoms with Gasteiger partial charge in [0, 0.05) is 0 Å².